The molecule has 2 rings (SSSR count). The monoisotopic (exact) mass is 319 g/mol. The molecule has 1 N–H and O–H groups in total. The van der Waals surface area contributed by atoms with Gasteiger partial charge >= 0.3 is 5.97 Å². The Balaban J connectivity index is 1.96. The summed E-state index contributed by atoms with van der Waals surface area (Å²) in [6, 6.07) is 8.08. The Bertz CT molecular complexity index is 553. The van der Waals surface area contributed by atoms with Gasteiger partial charge in [0.25, 0.3) is 0 Å². The predicted molar refractivity (Wildman–Crippen MR) is 87.2 cm³/mol. The number of carbonyl (C=O) groups is 2. The number of aliphatic carboxylic acids is 1. The molecule has 1 saturated heterocycles. The van der Waals surface area contributed by atoms with Crippen LogP contribution in [0, 0.1) is 5.92 Å². The lowest BCUT2D eigenvalue weighted by Crippen LogP contribution is -2.52. The largest absolute Gasteiger partial charge is 0.479 e. The number of carbonyl (C=O) groups excluding carboxylic acids is 1. The van der Waals surface area contributed by atoms with Gasteiger partial charge in [0.2, 0.25) is 5.91 Å². The molecule has 0 saturated carbocycles. The van der Waals surface area contributed by atoms with E-state index in [2.05, 4.69) is 26.0 Å². The first-order valence-electron chi connectivity index (χ1n) is 8.09. The maximum absolute atomic E-state index is 12.4. The van der Waals surface area contributed by atoms with Gasteiger partial charge in [-0.2, -0.15) is 0 Å². The van der Waals surface area contributed by atoms with Crippen LogP contribution in [0.4, 0.5) is 0 Å². The van der Waals surface area contributed by atoms with E-state index in [1.54, 1.807) is 11.8 Å². The van der Waals surface area contributed by atoms with E-state index in [1.165, 1.54) is 5.56 Å². The van der Waals surface area contributed by atoms with E-state index in [-0.39, 0.29) is 18.6 Å². The average molecular weight is 319 g/mol. The molecular weight excluding hydrogens is 294 g/mol. The molecule has 0 bridgehead atoms. The zero-order chi connectivity index (χ0) is 17.0. The summed E-state index contributed by atoms with van der Waals surface area (Å²) in [6.45, 7) is 6.69. The van der Waals surface area contributed by atoms with Gasteiger partial charge in [0, 0.05) is 6.54 Å². The minimum atomic E-state index is -1.02. The van der Waals surface area contributed by atoms with Crippen LogP contribution in [0.15, 0.2) is 24.3 Å². The molecule has 1 aliphatic heterocycles. The fourth-order valence-corrected chi connectivity index (χ4v) is 2.84. The summed E-state index contributed by atoms with van der Waals surface area (Å²) in [5.41, 5.74) is 2.22. The van der Waals surface area contributed by atoms with Crippen LogP contribution >= 0.6 is 0 Å². The summed E-state index contributed by atoms with van der Waals surface area (Å²) in [6.07, 6.45) is 0.120. The number of rotatable bonds is 5. The van der Waals surface area contributed by atoms with E-state index < -0.39 is 12.1 Å². The van der Waals surface area contributed by atoms with Crippen molar-refractivity contribution < 1.29 is 19.4 Å². The van der Waals surface area contributed by atoms with Gasteiger partial charge < -0.3 is 14.7 Å². The first kappa shape index (κ1) is 17.5. The molecule has 126 valence electrons. The van der Waals surface area contributed by atoms with Crippen molar-refractivity contribution in [1.82, 2.24) is 4.90 Å². The second kappa shape index (κ2) is 7.59. The number of carboxylic acids is 1. The van der Waals surface area contributed by atoms with Crippen LogP contribution in [-0.4, -0.2) is 47.2 Å². The molecule has 0 aliphatic carbocycles. The zero-order valence-corrected chi connectivity index (χ0v) is 14.0. The fraction of sp³-hybridized carbons (Fsp3) is 0.556. The average Bonchev–Trinajstić information content (AvgIpc) is 2.48. The highest BCUT2D eigenvalue weighted by Crippen LogP contribution is 2.15. The molecule has 1 amide bonds. The Morgan fingerprint density at radius 3 is 2.39 bits per heavy atom. The van der Waals surface area contributed by atoms with E-state index in [1.807, 2.05) is 12.1 Å². The Morgan fingerprint density at radius 1 is 1.22 bits per heavy atom. The lowest BCUT2D eigenvalue weighted by Gasteiger charge is -2.35. The fourth-order valence-electron chi connectivity index (χ4n) is 2.84. The number of ether oxygens (including phenoxy) is 1. The number of nitrogens with zero attached hydrogens (tertiary/aromatic N) is 1. The molecule has 1 aromatic carbocycles. The van der Waals surface area contributed by atoms with Crippen LogP contribution in [0.2, 0.25) is 0 Å². The molecule has 5 nitrogen and oxygen atoms in total. The summed E-state index contributed by atoms with van der Waals surface area (Å²) in [4.78, 5) is 25.1. The molecule has 0 spiro atoms. The van der Waals surface area contributed by atoms with Crippen molar-refractivity contribution >= 4 is 11.9 Å². The number of amides is 1. The summed E-state index contributed by atoms with van der Waals surface area (Å²) >= 11 is 0. The maximum atomic E-state index is 12.4. The van der Waals surface area contributed by atoms with E-state index in [9.17, 15) is 9.59 Å². The van der Waals surface area contributed by atoms with Gasteiger partial charge in [-0.3, -0.25) is 4.79 Å². The van der Waals surface area contributed by atoms with Crippen molar-refractivity contribution in [2.24, 2.45) is 5.92 Å². The molecule has 1 heterocycles. The van der Waals surface area contributed by atoms with Gasteiger partial charge in [0.1, 0.15) is 0 Å². The highest BCUT2D eigenvalue weighted by molar-refractivity contribution is 5.80. The number of hydrogen-bond donors (Lipinski definition) is 1. The normalized spacial score (nSPS) is 21.5. The van der Waals surface area contributed by atoms with Crippen molar-refractivity contribution in [3.63, 3.8) is 0 Å². The Kier molecular flexibility index (Phi) is 5.77. The van der Waals surface area contributed by atoms with Crippen LogP contribution < -0.4 is 0 Å². The third-order valence-corrected chi connectivity index (χ3v) is 3.91. The summed E-state index contributed by atoms with van der Waals surface area (Å²) in [7, 11) is 0. The number of hydrogen-bond acceptors (Lipinski definition) is 3. The van der Waals surface area contributed by atoms with Gasteiger partial charge in [-0.25, -0.2) is 4.79 Å². The molecule has 1 fully saturated rings. The Hall–Kier alpha value is -1.88. The van der Waals surface area contributed by atoms with Gasteiger partial charge in [0.15, 0.2) is 6.10 Å². The SMILES string of the molecule is CC(C)Cc1ccc(CC(=O)N2CC(C(=O)O)O[C@H](C)C2)cc1. The maximum Gasteiger partial charge on any atom is 0.334 e. The standard InChI is InChI=1S/C18H25NO4/c1-12(2)8-14-4-6-15(7-5-14)9-17(20)19-10-13(3)23-16(11-19)18(21)22/h4-7,12-13,16H,8-11H2,1-3H3,(H,21,22)/t13-,16?/m1/s1. The van der Waals surface area contributed by atoms with Crippen molar-refractivity contribution in [2.75, 3.05) is 13.1 Å². The van der Waals surface area contributed by atoms with Crippen LogP contribution in [-0.2, 0) is 27.2 Å². The van der Waals surface area contributed by atoms with Crippen LogP contribution in [0.1, 0.15) is 31.9 Å². The van der Waals surface area contributed by atoms with E-state index >= 15 is 0 Å². The summed E-state index contributed by atoms with van der Waals surface area (Å²) in [5.74, 6) is -0.472. The quantitative estimate of drug-likeness (QED) is 0.903. The van der Waals surface area contributed by atoms with Crippen molar-refractivity contribution in [3.8, 4) is 0 Å². The number of morpholine rings is 1. The lowest BCUT2D eigenvalue weighted by atomic mass is 10.0. The first-order chi connectivity index (χ1) is 10.8. The van der Waals surface area contributed by atoms with Gasteiger partial charge in [-0.15, -0.1) is 0 Å². The molecule has 2 atom stereocenters. The second-order valence-corrected chi connectivity index (χ2v) is 6.66. The Labute approximate surface area is 137 Å². The minimum Gasteiger partial charge on any atom is -0.479 e. The van der Waals surface area contributed by atoms with E-state index in [0.29, 0.717) is 18.9 Å². The topological polar surface area (TPSA) is 66.8 Å². The highest BCUT2D eigenvalue weighted by Gasteiger charge is 2.32. The minimum absolute atomic E-state index is 0.0528. The lowest BCUT2D eigenvalue weighted by molar-refractivity contribution is -0.166. The third kappa shape index (κ3) is 5.06. The van der Waals surface area contributed by atoms with E-state index in [0.717, 1.165) is 12.0 Å². The number of benzene rings is 1. The molecule has 23 heavy (non-hydrogen) atoms. The van der Waals surface area contributed by atoms with Crippen LogP contribution in [0.3, 0.4) is 0 Å². The predicted octanol–water partition coefficient (Wildman–Crippen LogP) is 2.13. The van der Waals surface area contributed by atoms with Gasteiger partial charge in [0.05, 0.1) is 19.1 Å². The van der Waals surface area contributed by atoms with Gasteiger partial charge in [-0.05, 0) is 30.4 Å². The van der Waals surface area contributed by atoms with E-state index in [4.69, 9.17) is 9.84 Å². The summed E-state index contributed by atoms with van der Waals surface area (Å²) < 4.78 is 5.34. The van der Waals surface area contributed by atoms with Crippen LogP contribution in [0.5, 0.6) is 0 Å². The van der Waals surface area contributed by atoms with Crippen molar-refractivity contribution in [2.45, 2.75) is 45.8 Å². The molecule has 0 aromatic heterocycles. The van der Waals surface area contributed by atoms with Crippen molar-refractivity contribution in [1.29, 1.82) is 0 Å². The molecule has 1 unspecified atom stereocenters. The first-order valence-corrected chi connectivity index (χ1v) is 8.09. The highest BCUT2D eigenvalue weighted by atomic mass is 16.5. The molecular formula is C18H25NO4. The molecule has 0 radical (unpaired) electrons. The third-order valence-electron chi connectivity index (χ3n) is 3.91. The molecule has 1 aromatic rings. The Morgan fingerprint density at radius 2 is 1.83 bits per heavy atom. The number of carboxylic acid groups (broad SMARTS) is 1. The molecule has 1 aliphatic rings. The molecule has 5 heteroatoms. The van der Waals surface area contributed by atoms with Gasteiger partial charge in [-0.1, -0.05) is 38.1 Å². The van der Waals surface area contributed by atoms with Crippen molar-refractivity contribution in [3.05, 3.63) is 35.4 Å². The summed E-state index contributed by atoms with van der Waals surface area (Å²) in [5, 5.41) is 9.08. The zero-order valence-electron chi connectivity index (χ0n) is 14.0. The second-order valence-electron chi connectivity index (χ2n) is 6.66. The smallest absolute Gasteiger partial charge is 0.334 e. The van der Waals surface area contributed by atoms with Crippen LogP contribution in [0.25, 0.3) is 0 Å².